The van der Waals surface area contributed by atoms with Crippen LogP contribution in [0.15, 0.2) is 29.2 Å². The number of hydrogen-bond donors (Lipinski definition) is 2. The minimum Gasteiger partial charge on any atom is -0.472 e. The van der Waals surface area contributed by atoms with Gasteiger partial charge in [0.15, 0.2) is 5.82 Å². The van der Waals surface area contributed by atoms with E-state index in [0.29, 0.717) is 18.2 Å². The zero-order chi connectivity index (χ0) is 14.6. The third-order valence-corrected chi connectivity index (χ3v) is 3.44. The van der Waals surface area contributed by atoms with Gasteiger partial charge in [0.25, 0.3) is 5.88 Å². The summed E-state index contributed by atoms with van der Waals surface area (Å²) >= 11 is 1.56. The Labute approximate surface area is 122 Å². The van der Waals surface area contributed by atoms with Crippen LogP contribution in [0.25, 0.3) is 0 Å². The molecule has 0 radical (unpaired) electrons. The monoisotopic (exact) mass is 293 g/mol. The van der Waals surface area contributed by atoms with Crippen molar-refractivity contribution in [2.45, 2.75) is 32.5 Å². The van der Waals surface area contributed by atoms with E-state index in [1.807, 2.05) is 30.7 Å². The Morgan fingerprint density at radius 1 is 1.40 bits per heavy atom. The fourth-order valence-electron chi connectivity index (χ4n) is 1.68. The first-order chi connectivity index (χ1) is 9.49. The number of aliphatic hydroxyl groups is 1. The maximum absolute atomic E-state index is 10.5. The normalized spacial score (nSPS) is 14.1. The standard InChI is InChI=1S/C14H19N3O2S/c1-10(2)19-13-12(15-5-6-16-13)17-9-14(3,18)11-4-7-20-8-11/h4-8,10,18H,9H2,1-3H3,(H,15,17). The first-order valence-electron chi connectivity index (χ1n) is 6.45. The van der Waals surface area contributed by atoms with Crippen LogP contribution in [0.2, 0.25) is 0 Å². The van der Waals surface area contributed by atoms with E-state index in [9.17, 15) is 5.11 Å². The smallest absolute Gasteiger partial charge is 0.257 e. The second kappa shape index (κ2) is 6.19. The maximum Gasteiger partial charge on any atom is 0.257 e. The fraction of sp³-hybridized carbons (Fsp3) is 0.429. The molecule has 2 aromatic heterocycles. The lowest BCUT2D eigenvalue weighted by Gasteiger charge is -2.23. The maximum atomic E-state index is 10.5. The van der Waals surface area contributed by atoms with Gasteiger partial charge in [0.1, 0.15) is 5.60 Å². The molecule has 2 aromatic rings. The van der Waals surface area contributed by atoms with Gasteiger partial charge in [-0.3, -0.25) is 0 Å². The average Bonchev–Trinajstić information content (AvgIpc) is 2.92. The molecular weight excluding hydrogens is 274 g/mol. The Bertz CT molecular complexity index is 541. The van der Waals surface area contributed by atoms with Crippen molar-refractivity contribution in [3.05, 3.63) is 34.8 Å². The zero-order valence-electron chi connectivity index (χ0n) is 11.8. The Kier molecular flexibility index (Phi) is 4.57. The van der Waals surface area contributed by atoms with Crippen LogP contribution in [0.4, 0.5) is 5.82 Å². The lowest BCUT2D eigenvalue weighted by atomic mass is 9.99. The molecule has 2 N–H and O–H groups in total. The summed E-state index contributed by atoms with van der Waals surface area (Å²) in [6.07, 6.45) is 3.19. The Hall–Kier alpha value is -1.66. The average molecular weight is 293 g/mol. The summed E-state index contributed by atoms with van der Waals surface area (Å²) in [7, 11) is 0. The number of hydrogen-bond acceptors (Lipinski definition) is 6. The molecule has 1 atom stereocenters. The summed E-state index contributed by atoms with van der Waals surface area (Å²) in [5.41, 5.74) is -0.0858. The molecule has 0 aliphatic heterocycles. The number of aromatic nitrogens is 2. The van der Waals surface area contributed by atoms with E-state index >= 15 is 0 Å². The highest BCUT2D eigenvalue weighted by molar-refractivity contribution is 7.08. The molecule has 108 valence electrons. The molecule has 0 saturated carbocycles. The molecule has 0 amide bonds. The molecule has 0 spiro atoms. The molecule has 0 saturated heterocycles. The lowest BCUT2D eigenvalue weighted by molar-refractivity contribution is 0.0718. The Balaban J connectivity index is 2.07. The molecule has 20 heavy (non-hydrogen) atoms. The van der Waals surface area contributed by atoms with Gasteiger partial charge in [-0.05, 0) is 43.2 Å². The molecule has 5 nitrogen and oxygen atoms in total. The van der Waals surface area contributed by atoms with Crippen LogP contribution in [0.3, 0.4) is 0 Å². The molecule has 0 fully saturated rings. The van der Waals surface area contributed by atoms with E-state index in [1.165, 1.54) is 0 Å². The minimum absolute atomic E-state index is 0.0182. The lowest BCUT2D eigenvalue weighted by Crippen LogP contribution is -2.30. The van der Waals surface area contributed by atoms with E-state index in [0.717, 1.165) is 5.56 Å². The molecule has 2 rings (SSSR count). The highest BCUT2D eigenvalue weighted by atomic mass is 32.1. The van der Waals surface area contributed by atoms with Crippen molar-refractivity contribution in [1.82, 2.24) is 9.97 Å². The number of ether oxygens (including phenoxy) is 1. The quantitative estimate of drug-likeness (QED) is 0.857. The summed E-state index contributed by atoms with van der Waals surface area (Å²) in [6.45, 7) is 5.96. The SMILES string of the molecule is CC(C)Oc1nccnc1NCC(C)(O)c1ccsc1. The van der Waals surface area contributed by atoms with E-state index < -0.39 is 5.60 Å². The molecular formula is C14H19N3O2S. The number of nitrogens with zero attached hydrogens (tertiary/aromatic N) is 2. The van der Waals surface area contributed by atoms with Crippen molar-refractivity contribution in [3.63, 3.8) is 0 Å². The molecule has 0 aliphatic carbocycles. The van der Waals surface area contributed by atoms with Gasteiger partial charge in [-0.1, -0.05) is 0 Å². The van der Waals surface area contributed by atoms with Gasteiger partial charge < -0.3 is 15.2 Å². The predicted molar refractivity (Wildman–Crippen MR) is 80.2 cm³/mol. The topological polar surface area (TPSA) is 67.3 Å². The van der Waals surface area contributed by atoms with Crippen molar-refractivity contribution in [2.75, 3.05) is 11.9 Å². The second-order valence-electron chi connectivity index (χ2n) is 5.02. The van der Waals surface area contributed by atoms with Gasteiger partial charge in [0.2, 0.25) is 0 Å². The van der Waals surface area contributed by atoms with Gasteiger partial charge in [-0.2, -0.15) is 11.3 Å². The van der Waals surface area contributed by atoms with Crippen LogP contribution < -0.4 is 10.1 Å². The number of anilines is 1. The summed E-state index contributed by atoms with van der Waals surface area (Å²) in [6, 6.07) is 1.91. The van der Waals surface area contributed by atoms with Crippen LogP contribution >= 0.6 is 11.3 Å². The highest BCUT2D eigenvalue weighted by Gasteiger charge is 2.24. The van der Waals surface area contributed by atoms with Gasteiger partial charge in [-0.15, -0.1) is 0 Å². The van der Waals surface area contributed by atoms with E-state index in [-0.39, 0.29) is 6.10 Å². The van der Waals surface area contributed by atoms with Crippen molar-refractivity contribution in [2.24, 2.45) is 0 Å². The molecule has 6 heteroatoms. The van der Waals surface area contributed by atoms with Crippen LogP contribution in [-0.4, -0.2) is 27.7 Å². The van der Waals surface area contributed by atoms with Crippen LogP contribution in [0, 0.1) is 0 Å². The van der Waals surface area contributed by atoms with Gasteiger partial charge in [-0.25, -0.2) is 9.97 Å². The summed E-state index contributed by atoms with van der Waals surface area (Å²) in [5.74, 6) is 0.986. The molecule has 2 heterocycles. The van der Waals surface area contributed by atoms with Crippen molar-refractivity contribution >= 4 is 17.2 Å². The molecule has 0 bridgehead atoms. The van der Waals surface area contributed by atoms with Crippen molar-refractivity contribution in [3.8, 4) is 5.88 Å². The summed E-state index contributed by atoms with van der Waals surface area (Å²) in [4.78, 5) is 8.36. The van der Waals surface area contributed by atoms with Crippen LogP contribution in [0.5, 0.6) is 5.88 Å². The number of thiophene rings is 1. The predicted octanol–water partition coefficient (Wildman–Crippen LogP) is 2.64. The van der Waals surface area contributed by atoms with E-state index in [4.69, 9.17) is 4.74 Å². The van der Waals surface area contributed by atoms with E-state index in [1.54, 1.807) is 30.7 Å². The van der Waals surface area contributed by atoms with Gasteiger partial charge in [0, 0.05) is 18.9 Å². The summed E-state index contributed by atoms with van der Waals surface area (Å²) in [5, 5.41) is 17.4. The highest BCUT2D eigenvalue weighted by Crippen LogP contribution is 2.25. The van der Waals surface area contributed by atoms with E-state index in [2.05, 4.69) is 15.3 Å². The minimum atomic E-state index is -0.966. The first-order valence-corrected chi connectivity index (χ1v) is 7.40. The van der Waals surface area contributed by atoms with Crippen LogP contribution in [0.1, 0.15) is 26.3 Å². The second-order valence-corrected chi connectivity index (χ2v) is 5.80. The van der Waals surface area contributed by atoms with Crippen molar-refractivity contribution in [1.29, 1.82) is 0 Å². The zero-order valence-corrected chi connectivity index (χ0v) is 12.6. The third-order valence-electron chi connectivity index (χ3n) is 2.76. The van der Waals surface area contributed by atoms with Gasteiger partial charge >= 0.3 is 0 Å². The van der Waals surface area contributed by atoms with Crippen LogP contribution in [-0.2, 0) is 5.60 Å². The Morgan fingerprint density at radius 2 is 2.15 bits per heavy atom. The first kappa shape index (κ1) is 14.7. The largest absolute Gasteiger partial charge is 0.472 e. The van der Waals surface area contributed by atoms with Crippen molar-refractivity contribution < 1.29 is 9.84 Å². The molecule has 1 unspecified atom stereocenters. The Morgan fingerprint density at radius 3 is 2.80 bits per heavy atom. The third kappa shape index (κ3) is 3.68. The summed E-state index contributed by atoms with van der Waals surface area (Å²) < 4.78 is 5.59. The fourth-order valence-corrected chi connectivity index (χ4v) is 2.47. The van der Waals surface area contributed by atoms with Gasteiger partial charge in [0.05, 0.1) is 6.10 Å². The number of nitrogens with one attached hydrogen (secondary N) is 1. The molecule has 0 aromatic carbocycles. The molecule has 0 aliphatic rings. The number of rotatable bonds is 6.